The molecule has 0 saturated heterocycles. The zero-order valence-electron chi connectivity index (χ0n) is 12.4. The molecule has 0 saturated carbocycles. The minimum absolute atomic E-state index is 1.07. The van der Waals surface area contributed by atoms with Crippen molar-refractivity contribution in [3.63, 3.8) is 0 Å². The summed E-state index contributed by atoms with van der Waals surface area (Å²) in [6.07, 6.45) is -6.02. The number of hydrogen-bond donors (Lipinski definition) is 0. The number of rotatable bonds is 1. The van der Waals surface area contributed by atoms with Crippen LogP contribution in [0.4, 0.5) is 26.3 Å². The van der Waals surface area contributed by atoms with Crippen molar-refractivity contribution in [2.45, 2.75) is 12.3 Å². The molecule has 0 aromatic heterocycles. The van der Waals surface area contributed by atoms with E-state index in [2.05, 4.69) is 0 Å². The average molecular weight is 366 g/mol. The molecule has 1 aromatic rings. The van der Waals surface area contributed by atoms with Gasteiger partial charge >= 0.3 is 0 Å². The van der Waals surface area contributed by atoms with Crippen LogP contribution in [0, 0.1) is 74.6 Å². The van der Waals surface area contributed by atoms with Crippen molar-refractivity contribution < 1.29 is 26.3 Å². The molecule has 0 radical (unpaired) electrons. The third kappa shape index (κ3) is 2.44. The van der Waals surface area contributed by atoms with E-state index >= 15 is 0 Å². The van der Waals surface area contributed by atoms with Crippen LogP contribution in [0.5, 0.6) is 0 Å². The molecule has 3 unspecified atom stereocenters. The Morgan fingerprint density at radius 2 is 1.38 bits per heavy atom. The van der Waals surface area contributed by atoms with E-state index in [1.165, 1.54) is 12.1 Å². The number of hydrogen-bond acceptors (Lipinski definition) is 4. The minimum atomic E-state index is -3.06. The van der Waals surface area contributed by atoms with Gasteiger partial charge in [-0.2, -0.15) is 21.0 Å². The SMILES string of the molecule is N#CC(C#N)=c1c(F)c(F)c2c(c1F)C(F)C(F)C(C(C#N)C#N)C=2F. The van der Waals surface area contributed by atoms with Gasteiger partial charge < -0.3 is 0 Å². The number of halogens is 6. The van der Waals surface area contributed by atoms with E-state index in [0.29, 0.717) is 0 Å². The summed E-state index contributed by atoms with van der Waals surface area (Å²) in [6, 6.07) is 4.55. The predicted octanol–water partition coefficient (Wildman–Crippen LogP) is 2.02. The summed E-state index contributed by atoms with van der Waals surface area (Å²) in [6.45, 7) is 0. The quantitative estimate of drug-likeness (QED) is 0.561. The van der Waals surface area contributed by atoms with E-state index in [1.807, 2.05) is 0 Å². The Bertz CT molecular complexity index is 1050. The van der Waals surface area contributed by atoms with Gasteiger partial charge in [0, 0.05) is 5.56 Å². The van der Waals surface area contributed by atoms with E-state index < -0.39 is 69.0 Å². The van der Waals surface area contributed by atoms with Crippen LogP contribution < -0.4 is 10.4 Å². The highest BCUT2D eigenvalue weighted by Crippen LogP contribution is 2.40. The lowest BCUT2D eigenvalue weighted by atomic mass is 9.79. The number of fused-ring (bicyclic) bond motifs is 1. The van der Waals surface area contributed by atoms with Crippen molar-refractivity contribution in [2.75, 3.05) is 0 Å². The maximum atomic E-state index is 14.5. The van der Waals surface area contributed by atoms with Gasteiger partial charge in [0.2, 0.25) is 0 Å². The Morgan fingerprint density at radius 1 is 0.846 bits per heavy atom. The summed E-state index contributed by atoms with van der Waals surface area (Å²) in [5.41, 5.74) is -2.82. The Labute approximate surface area is 141 Å². The van der Waals surface area contributed by atoms with Crippen LogP contribution in [-0.2, 0) is 0 Å². The first-order valence-corrected chi connectivity index (χ1v) is 6.74. The van der Waals surface area contributed by atoms with Gasteiger partial charge in [-0.15, -0.1) is 0 Å². The Kier molecular flexibility index (Phi) is 4.91. The normalized spacial score (nSPS) is 21.2. The topological polar surface area (TPSA) is 95.2 Å². The lowest BCUT2D eigenvalue weighted by Crippen LogP contribution is -2.42. The number of nitrogens with zero attached hydrogens (tertiary/aromatic N) is 4. The monoisotopic (exact) mass is 366 g/mol. The lowest BCUT2D eigenvalue weighted by molar-refractivity contribution is 0.106. The number of benzene rings is 1. The van der Waals surface area contributed by atoms with Gasteiger partial charge in [0.15, 0.2) is 17.8 Å². The lowest BCUT2D eigenvalue weighted by Gasteiger charge is -2.28. The molecule has 3 atom stereocenters. The summed E-state index contributed by atoms with van der Waals surface area (Å²) < 4.78 is 85.9. The second kappa shape index (κ2) is 6.78. The molecule has 1 aromatic carbocycles. The highest BCUT2D eigenvalue weighted by Gasteiger charge is 2.46. The molecular weight excluding hydrogens is 362 g/mol. The Balaban J connectivity index is 3.14. The molecule has 0 bridgehead atoms. The van der Waals surface area contributed by atoms with Crippen LogP contribution in [-0.4, -0.2) is 6.17 Å². The van der Waals surface area contributed by atoms with E-state index in [9.17, 15) is 26.3 Å². The zero-order chi connectivity index (χ0) is 19.8. The fraction of sp³-hybridized carbons (Fsp3) is 0.250. The molecule has 0 aliphatic heterocycles. The van der Waals surface area contributed by atoms with Gasteiger partial charge in [0.05, 0.1) is 28.5 Å². The van der Waals surface area contributed by atoms with Crippen molar-refractivity contribution >= 4 is 11.4 Å². The third-order valence-electron chi connectivity index (χ3n) is 3.90. The molecule has 0 amide bonds. The van der Waals surface area contributed by atoms with Crippen LogP contribution >= 0.6 is 0 Å². The fourth-order valence-corrected chi connectivity index (χ4v) is 2.69. The van der Waals surface area contributed by atoms with Crippen molar-refractivity contribution in [3.8, 4) is 24.3 Å². The molecule has 1 aliphatic carbocycles. The van der Waals surface area contributed by atoms with Gasteiger partial charge in [-0.05, 0) is 0 Å². The van der Waals surface area contributed by atoms with Crippen LogP contribution in [0.15, 0.2) is 0 Å². The molecule has 0 heterocycles. The van der Waals surface area contributed by atoms with E-state index in [-0.39, 0.29) is 0 Å². The second-order valence-corrected chi connectivity index (χ2v) is 5.16. The predicted molar refractivity (Wildman–Crippen MR) is 71.7 cm³/mol. The second-order valence-electron chi connectivity index (χ2n) is 5.16. The van der Waals surface area contributed by atoms with Gasteiger partial charge in [-0.1, -0.05) is 0 Å². The van der Waals surface area contributed by atoms with Crippen molar-refractivity contribution in [1.29, 1.82) is 21.0 Å². The molecular formula is C16H4F6N4. The first-order chi connectivity index (χ1) is 12.3. The van der Waals surface area contributed by atoms with E-state index in [1.54, 1.807) is 0 Å². The largest absolute Gasteiger partial charge is 0.243 e. The van der Waals surface area contributed by atoms with Crippen LogP contribution in [0.2, 0.25) is 0 Å². The summed E-state index contributed by atoms with van der Waals surface area (Å²) in [5.74, 6) is -12.7. The van der Waals surface area contributed by atoms with Gasteiger partial charge in [-0.25, -0.2) is 26.3 Å². The zero-order valence-corrected chi connectivity index (χ0v) is 12.4. The van der Waals surface area contributed by atoms with Crippen molar-refractivity contribution in [2.24, 2.45) is 11.8 Å². The molecule has 4 nitrogen and oxygen atoms in total. The van der Waals surface area contributed by atoms with Crippen molar-refractivity contribution in [1.82, 2.24) is 0 Å². The van der Waals surface area contributed by atoms with Crippen LogP contribution in [0.3, 0.4) is 0 Å². The highest BCUT2D eigenvalue weighted by atomic mass is 19.2. The first kappa shape index (κ1) is 18.8. The van der Waals surface area contributed by atoms with Gasteiger partial charge in [0.25, 0.3) is 0 Å². The van der Waals surface area contributed by atoms with Crippen LogP contribution in [0.25, 0.3) is 11.4 Å². The molecule has 1 aliphatic rings. The minimum Gasteiger partial charge on any atom is -0.243 e. The first-order valence-electron chi connectivity index (χ1n) is 6.74. The molecule has 26 heavy (non-hydrogen) atoms. The maximum absolute atomic E-state index is 14.5. The van der Waals surface area contributed by atoms with Crippen LogP contribution in [0.1, 0.15) is 11.7 Å². The van der Waals surface area contributed by atoms with E-state index in [0.717, 1.165) is 12.1 Å². The molecule has 10 heteroatoms. The number of alkyl halides is 2. The van der Waals surface area contributed by atoms with Gasteiger partial charge in [-0.3, -0.25) is 0 Å². The molecule has 130 valence electrons. The van der Waals surface area contributed by atoms with E-state index in [4.69, 9.17) is 21.0 Å². The smallest absolute Gasteiger partial charge is 0.171 e. The summed E-state index contributed by atoms with van der Waals surface area (Å²) >= 11 is 0. The Hall–Kier alpha value is -3.50. The summed E-state index contributed by atoms with van der Waals surface area (Å²) in [5, 5.41) is 31.7. The van der Waals surface area contributed by atoms with Gasteiger partial charge in [0.1, 0.15) is 41.4 Å². The standard InChI is InChI=1S/C16H4F6N4/c17-11-7(5(1-23)2-24)13(19)15(21)10-9(11)16(22)14(20)8(12(10)18)6(3-25)4-26/h5,7,13,15H. The highest BCUT2D eigenvalue weighted by molar-refractivity contribution is 5.73. The molecule has 0 N–H and O–H groups in total. The molecule has 2 rings (SSSR count). The molecule has 0 fully saturated rings. The molecule has 0 spiro atoms. The number of nitriles is 4. The maximum Gasteiger partial charge on any atom is 0.171 e. The summed E-state index contributed by atoms with van der Waals surface area (Å²) in [7, 11) is 0. The Morgan fingerprint density at radius 3 is 1.85 bits per heavy atom. The van der Waals surface area contributed by atoms with Crippen molar-refractivity contribution in [3.05, 3.63) is 33.5 Å². The summed E-state index contributed by atoms with van der Waals surface area (Å²) in [4.78, 5) is 0. The third-order valence-corrected chi connectivity index (χ3v) is 3.90. The average Bonchev–Trinajstić information content (AvgIpc) is 2.63. The fourth-order valence-electron chi connectivity index (χ4n) is 2.69.